The maximum atomic E-state index is 11.3. The van der Waals surface area contributed by atoms with Gasteiger partial charge in [0.15, 0.2) is 5.78 Å². The van der Waals surface area contributed by atoms with Gasteiger partial charge in [0.2, 0.25) is 0 Å². The summed E-state index contributed by atoms with van der Waals surface area (Å²) in [5, 5.41) is 0. The van der Waals surface area contributed by atoms with Gasteiger partial charge in [-0.3, -0.25) is 14.4 Å². The first-order valence-electron chi connectivity index (χ1n) is 4.18. The first-order chi connectivity index (χ1) is 6.06. The van der Waals surface area contributed by atoms with Crippen molar-refractivity contribution in [3.05, 3.63) is 0 Å². The molecule has 1 aliphatic rings. The lowest BCUT2D eigenvalue weighted by atomic mass is 9.79. The van der Waals surface area contributed by atoms with E-state index in [4.69, 9.17) is 0 Å². The van der Waals surface area contributed by atoms with E-state index in [0.717, 1.165) is 0 Å². The molecule has 0 amide bonds. The van der Waals surface area contributed by atoms with Gasteiger partial charge < -0.3 is 4.74 Å². The summed E-state index contributed by atoms with van der Waals surface area (Å²) in [4.78, 5) is 33.4. The average molecular weight is 184 g/mol. The number of ketones is 2. The summed E-state index contributed by atoms with van der Waals surface area (Å²) < 4.78 is 4.49. The van der Waals surface area contributed by atoms with Gasteiger partial charge in [-0.1, -0.05) is 6.92 Å². The van der Waals surface area contributed by atoms with Crippen molar-refractivity contribution in [2.45, 2.75) is 19.8 Å². The van der Waals surface area contributed by atoms with Crippen molar-refractivity contribution < 1.29 is 19.1 Å². The Morgan fingerprint density at radius 1 is 1.46 bits per heavy atom. The molecule has 1 fully saturated rings. The molecular formula is C9H12O4. The van der Waals surface area contributed by atoms with Crippen molar-refractivity contribution in [2.75, 3.05) is 7.11 Å². The SMILES string of the molecule is COC(=O)[C@@H]1C(=O)CC(=O)C[C@H]1C. The van der Waals surface area contributed by atoms with Crippen molar-refractivity contribution in [1.29, 1.82) is 0 Å². The summed E-state index contributed by atoms with van der Waals surface area (Å²) in [5.41, 5.74) is 0. The zero-order valence-electron chi connectivity index (χ0n) is 7.70. The highest BCUT2D eigenvalue weighted by molar-refractivity contribution is 6.10. The van der Waals surface area contributed by atoms with Crippen LogP contribution < -0.4 is 0 Å². The molecule has 1 saturated carbocycles. The highest BCUT2D eigenvalue weighted by atomic mass is 16.5. The molecule has 72 valence electrons. The third kappa shape index (κ3) is 1.94. The molecule has 0 unspecified atom stereocenters. The second-order valence-electron chi connectivity index (χ2n) is 3.36. The Balaban J connectivity index is 2.78. The van der Waals surface area contributed by atoms with Crippen LogP contribution in [0.4, 0.5) is 0 Å². The maximum Gasteiger partial charge on any atom is 0.316 e. The van der Waals surface area contributed by atoms with Crippen LogP contribution in [0.1, 0.15) is 19.8 Å². The van der Waals surface area contributed by atoms with Crippen molar-refractivity contribution in [3.63, 3.8) is 0 Å². The summed E-state index contributed by atoms with van der Waals surface area (Å²) in [6, 6.07) is 0. The summed E-state index contributed by atoms with van der Waals surface area (Å²) >= 11 is 0. The Kier molecular flexibility index (Phi) is 2.80. The van der Waals surface area contributed by atoms with Gasteiger partial charge in [-0.15, -0.1) is 0 Å². The second-order valence-corrected chi connectivity index (χ2v) is 3.36. The molecular weight excluding hydrogens is 172 g/mol. The van der Waals surface area contributed by atoms with Crippen molar-refractivity contribution in [3.8, 4) is 0 Å². The van der Waals surface area contributed by atoms with Crippen LogP contribution in [-0.2, 0) is 19.1 Å². The van der Waals surface area contributed by atoms with E-state index in [1.165, 1.54) is 7.11 Å². The van der Waals surface area contributed by atoms with Crippen LogP contribution in [-0.4, -0.2) is 24.6 Å². The van der Waals surface area contributed by atoms with E-state index in [0.29, 0.717) is 6.42 Å². The van der Waals surface area contributed by atoms with Gasteiger partial charge in [0.25, 0.3) is 0 Å². The van der Waals surface area contributed by atoms with Gasteiger partial charge in [-0.2, -0.15) is 0 Å². The van der Waals surface area contributed by atoms with Crippen LogP contribution in [0, 0.1) is 11.8 Å². The van der Waals surface area contributed by atoms with E-state index in [1.807, 2.05) is 0 Å². The number of ether oxygens (including phenoxy) is 1. The molecule has 1 rings (SSSR count). The lowest BCUT2D eigenvalue weighted by Crippen LogP contribution is -2.37. The summed E-state index contributed by atoms with van der Waals surface area (Å²) in [5.74, 6) is -1.87. The predicted octanol–water partition coefficient (Wildman–Crippen LogP) is 0.344. The van der Waals surface area contributed by atoms with Gasteiger partial charge in [0, 0.05) is 6.42 Å². The molecule has 0 aromatic rings. The lowest BCUT2D eigenvalue weighted by Gasteiger charge is -2.23. The third-order valence-corrected chi connectivity index (χ3v) is 2.29. The molecule has 0 bridgehead atoms. The minimum Gasteiger partial charge on any atom is -0.468 e. The molecule has 0 aromatic carbocycles. The predicted molar refractivity (Wildman–Crippen MR) is 43.9 cm³/mol. The minimum atomic E-state index is -0.734. The molecule has 13 heavy (non-hydrogen) atoms. The Morgan fingerprint density at radius 2 is 2.08 bits per heavy atom. The van der Waals surface area contributed by atoms with Crippen LogP contribution in [0.15, 0.2) is 0 Å². The second kappa shape index (κ2) is 3.68. The number of carbonyl (C=O) groups is 3. The Hall–Kier alpha value is -1.19. The van der Waals surface area contributed by atoms with Crippen molar-refractivity contribution in [2.24, 2.45) is 11.8 Å². The van der Waals surface area contributed by atoms with Gasteiger partial charge >= 0.3 is 5.97 Å². The number of rotatable bonds is 1. The molecule has 0 aliphatic heterocycles. The van der Waals surface area contributed by atoms with E-state index < -0.39 is 11.9 Å². The number of hydrogen-bond acceptors (Lipinski definition) is 4. The van der Waals surface area contributed by atoms with Crippen LogP contribution in [0.25, 0.3) is 0 Å². The first-order valence-corrected chi connectivity index (χ1v) is 4.18. The van der Waals surface area contributed by atoms with Gasteiger partial charge in [-0.05, 0) is 5.92 Å². The topological polar surface area (TPSA) is 60.4 Å². The molecule has 0 heterocycles. The molecule has 4 nitrogen and oxygen atoms in total. The Bertz CT molecular complexity index is 256. The standard InChI is InChI=1S/C9H12O4/c1-5-3-6(10)4-7(11)8(5)9(12)13-2/h5,8H,3-4H2,1-2H3/t5-,8+/m1/s1. The monoisotopic (exact) mass is 184 g/mol. The number of methoxy groups -OCH3 is 1. The normalized spacial score (nSPS) is 28.8. The molecule has 0 aromatic heterocycles. The largest absolute Gasteiger partial charge is 0.468 e. The number of Topliss-reactive ketones (excluding diaryl/α,β-unsaturated/α-hetero) is 2. The van der Waals surface area contributed by atoms with Gasteiger partial charge in [0.05, 0.1) is 13.5 Å². The fraction of sp³-hybridized carbons (Fsp3) is 0.667. The number of hydrogen-bond donors (Lipinski definition) is 0. The number of esters is 1. The van der Waals surface area contributed by atoms with Crippen LogP contribution in [0.3, 0.4) is 0 Å². The highest BCUT2D eigenvalue weighted by Crippen LogP contribution is 2.25. The van der Waals surface area contributed by atoms with Gasteiger partial charge in [-0.25, -0.2) is 0 Å². The Morgan fingerprint density at radius 3 is 2.54 bits per heavy atom. The van der Waals surface area contributed by atoms with E-state index in [9.17, 15) is 14.4 Å². The highest BCUT2D eigenvalue weighted by Gasteiger charge is 2.38. The van der Waals surface area contributed by atoms with Crippen molar-refractivity contribution in [1.82, 2.24) is 0 Å². The zero-order chi connectivity index (χ0) is 10.0. The number of carbonyl (C=O) groups excluding carboxylic acids is 3. The molecule has 2 atom stereocenters. The smallest absolute Gasteiger partial charge is 0.316 e. The van der Waals surface area contributed by atoms with E-state index >= 15 is 0 Å². The minimum absolute atomic E-state index is 0.0855. The fourth-order valence-corrected chi connectivity index (χ4v) is 1.66. The summed E-state index contributed by atoms with van der Waals surface area (Å²) in [6.45, 7) is 1.72. The van der Waals surface area contributed by atoms with Gasteiger partial charge in [0.1, 0.15) is 11.7 Å². The molecule has 0 spiro atoms. The first kappa shape index (κ1) is 9.89. The average Bonchev–Trinajstić information content (AvgIpc) is 2.02. The van der Waals surface area contributed by atoms with E-state index in [-0.39, 0.29) is 23.9 Å². The molecule has 0 radical (unpaired) electrons. The van der Waals surface area contributed by atoms with E-state index in [1.54, 1.807) is 6.92 Å². The third-order valence-electron chi connectivity index (χ3n) is 2.29. The van der Waals surface area contributed by atoms with E-state index in [2.05, 4.69) is 4.74 Å². The zero-order valence-corrected chi connectivity index (χ0v) is 7.70. The molecule has 0 saturated heterocycles. The van der Waals surface area contributed by atoms with Crippen molar-refractivity contribution >= 4 is 17.5 Å². The lowest BCUT2D eigenvalue weighted by molar-refractivity contribution is -0.153. The van der Waals surface area contributed by atoms with Crippen LogP contribution in [0.5, 0.6) is 0 Å². The molecule has 0 N–H and O–H groups in total. The van der Waals surface area contributed by atoms with Crippen LogP contribution >= 0.6 is 0 Å². The quantitative estimate of drug-likeness (QED) is 0.435. The Labute approximate surface area is 76.3 Å². The fourth-order valence-electron chi connectivity index (χ4n) is 1.66. The molecule has 1 aliphatic carbocycles. The van der Waals surface area contributed by atoms with Crippen LogP contribution in [0.2, 0.25) is 0 Å². The summed E-state index contributed by atoms with van der Waals surface area (Å²) in [7, 11) is 1.25. The molecule has 4 heteroatoms. The maximum absolute atomic E-state index is 11.3. The summed E-state index contributed by atoms with van der Waals surface area (Å²) in [6.07, 6.45) is 0.176.